The van der Waals surface area contributed by atoms with Gasteiger partial charge >= 0.3 is 11.7 Å². The maximum atomic E-state index is 13.0. The standard InChI is InChI=1S/C30H37N4O8P/c1-7-30-19-39-24(25(30)42-43(40-17-15-31-6)34(20(2)3)21(4)5)27(41-30)33-18-23(26(35)32-29(33)37)14-11-16-38-28(36)22-12-9-8-10-13-22/h8-10,12-13,18,20-21,24-25,27H,7,15-17,19H2,1-5H3,(H,32,35,37)/t24-,25?,27-,30-,43?/m1/s1. The van der Waals surface area contributed by atoms with Gasteiger partial charge in [0.1, 0.15) is 30.0 Å². The number of rotatable bonds is 12. The number of fused-ring (bicyclic) bond motifs is 2. The van der Waals surface area contributed by atoms with Crippen LogP contribution in [-0.4, -0.2) is 76.4 Å². The Hall–Kier alpha value is -3.35. The van der Waals surface area contributed by atoms with Gasteiger partial charge in [0.25, 0.3) is 14.1 Å². The van der Waals surface area contributed by atoms with Crippen LogP contribution in [-0.2, 0) is 23.3 Å². The van der Waals surface area contributed by atoms with Crippen LogP contribution in [0.4, 0.5) is 0 Å². The lowest BCUT2D eigenvalue weighted by atomic mass is 9.96. The van der Waals surface area contributed by atoms with Crippen molar-refractivity contribution in [1.29, 1.82) is 0 Å². The number of ether oxygens (including phenoxy) is 3. The second-order valence-corrected chi connectivity index (χ2v) is 12.1. The first-order valence-electron chi connectivity index (χ1n) is 14.2. The number of aromatic amines is 1. The normalized spacial score (nSPS) is 23.3. The Kier molecular flexibility index (Phi) is 10.9. The van der Waals surface area contributed by atoms with E-state index < -0.39 is 49.8 Å². The van der Waals surface area contributed by atoms with Gasteiger partial charge in [-0.05, 0) is 46.2 Å². The summed E-state index contributed by atoms with van der Waals surface area (Å²) >= 11 is 0. The number of aromatic nitrogens is 2. The van der Waals surface area contributed by atoms with E-state index >= 15 is 0 Å². The second-order valence-electron chi connectivity index (χ2n) is 10.7. The number of carbonyl (C=O) groups excluding carboxylic acids is 1. The van der Waals surface area contributed by atoms with Crippen LogP contribution in [0.15, 0.2) is 46.1 Å². The van der Waals surface area contributed by atoms with E-state index in [4.69, 9.17) is 29.8 Å². The highest BCUT2D eigenvalue weighted by atomic mass is 31.2. The average Bonchev–Trinajstić information content (AvgIpc) is 3.48. The molecule has 2 bridgehead atoms. The predicted octanol–water partition coefficient (Wildman–Crippen LogP) is 3.49. The molecule has 1 aromatic heterocycles. The molecule has 2 saturated heterocycles. The van der Waals surface area contributed by atoms with E-state index in [-0.39, 0.29) is 44.0 Å². The summed E-state index contributed by atoms with van der Waals surface area (Å²) < 4.78 is 33.9. The number of H-pyrrole nitrogens is 1. The molecule has 230 valence electrons. The number of carbonyl (C=O) groups is 1. The maximum absolute atomic E-state index is 13.0. The van der Waals surface area contributed by atoms with Crippen LogP contribution in [0.25, 0.3) is 4.85 Å². The fourth-order valence-electron chi connectivity index (χ4n) is 5.14. The Balaban J connectivity index is 1.56. The van der Waals surface area contributed by atoms with Crippen LogP contribution >= 0.6 is 8.53 Å². The van der Waals surface area contributed by atoms with Gasteiger partial charge in [-0.2, -0.15) is 0 Å². The summed E-state index contributed by atoms with van der Waals surface area (Å²) in [4.78, 5) is 43.4. The van der Waals surface area contributed by atoms with Gasteiger partial charge in [0.2, 0.25) is 6.54 Å². The third kappa shape index (κ3) is 7.25. The molecule has 2 aliphatic heterocycles. The van der Waals surface area contributed by atoms with Gasteiger partial charge in [-0.25, -0.2) is 20.8 Å². The highest BCUT2D eigenvalue weighted by molar-refractivity contribution is 7.44. The van der Waals surface area contributed by atoms with Gasteiger partial charge in [0.15, 0.2) is 12.8 Å². The Bertz CT molecular complexity index is 1480. The van der Waals surface area contributed by atoms with Crippen LogP contribution in [0.1, 0.15) is 63.2 Å². The molecule has 2 aliphatic rings. The highest BCUT2D eigenvalue weighted by Crippen LogP contribution is 2.55. The fourth-order valence-corrected chi connectivity index (χ4v) is 6.95. The number of hydrogen-bond donors (Lipinski definition) is 1. The molecule has 0 spiro atoms. The summed E-state index contributed by atoms with van der Waals surface area (Å²) in [6.07, 6.45) is -0.284. The first-order valence-corrected chi connectivity index (χ1v) is 15.3. The first-order chi connectivity index (χ1) is 20.6. The van der Waals surface area contributed by atoms with Gasteiger partial charge in [-0.3, -0.25) is 14.3 Å². The number of nitrogens with zero attached hydrogens (tertiary/aromatic N) is 3. The molecule has 1 N–H and O–H groups in total. The predicted molar refractivity (Wildman–Crippen MR) is 159 cm³/mol. The van der Waals surface area contributed by atoms with Gasteiger partial charge in [-0.1, -0.05) is 37.0 Å². The smallest absolute Gasteiger partial charge is 0.339 e. The van der Waals surface area contributed by atoms with Gasteiger partial charge in [0, 0.05) is 18.3 Å². The van der Waals surface area contributed by atoms with E-state index in [0.29, 0.717) is 12.0 Å². The molecule has 1 aromatic carbocycles. The minimum atomic E-state index is -1.59. The van der Waals surface area contributed by atoms with E-state index in [0.717, 1.165) is 0 Å². The first kappa shape index (κ1) is 32.6. The average molecular weight is 613 g/mol. The van der Waals surface area contributed by atoms with Crippen LogP contribution in [0.3, 0.4) is 0 Å². The summed E-state index contributed by atoms with van der Waals surface area (Å²) in [6.45, 7) is 17.7. The van der Waals surface area contributed by atoms with E-state index in [1.54, 1.807) is 30.3 Å². The molecular formula is C30H37N4O8P. The van der Waals surface area contributed by atoms with Crippen molar-refractivity contribution in [3.63, 3.8) is 0 Å². The summed E-state index contributed by atoms with van der Waals surface area (Å²) in [5, 5.41) is 0. The number of esters is 1. The third-order valence-corrected chi connectivity index (χ3v) is 9.29. The Morgan fingerprint density at radius 2 is 1.98 bits per heavy atom. The van der Waals surface area contributed by atoms with E-state index in [1.807, 2.05) is 6.92 Å². The molecule has 2 unspecified atom stereocenters. The van der Waals surface area contributed by atoms with Gasteiger partial charge < -0.3 is 28.1 Å². The minimum absolute atomic E-state index is 0.000250. The third-order valence-electron chi connectivity index (χ3n) is 7.18. The van der Waals surface area contributed by atoms with E-state index in [9.17, 15) is 14.4 Å². The van der Waals surface area contributed by atoms with Crippen molar-refractivity contribution in [1.82, 2.24) is 14.2 Å². The van der Waals surface area contributed by atoms with Crippen molar-refractivity contribution in [3.05, 3.63) is 79.9 Å². The minimum Gasteiger partial charge on any atom is -0.449 e. The monoisotopic (exact) mass is 612 g/mol. The fraction of sp³-hybridized carbons (Fsp3) is 0.533. The van der Waals surface area contributed by atoms with E-state index in [1.165, 1.54) is 10.8 Å². The molecule has 3 heterocycles. The Morgan fingerprint density at radius 3 is 2.63 bits per heavy atom. The van der Waals surface area contributed by atoms with Crippen LogP contribution in [0, 0.1) is 18.4 Å². The van der Waals surface area contributed by atoms with E-state index in [2.05, 4.69) is 54.0 Å². The molecule has 0 radical (unpaired) electrons. The summed E-state index contributed by atoms with van der Waals surface area (Å²) in [5.74, 6) is 4.81. The highest BCUT2D eigenvalue weighted by Gasteiger charge is 2.63. The summed E-state index contributed by atoms with van der Waals surface area (Å²) in [5.41, 5.74) is -1.83. The molecular weight excluding hydrogens is 575 g/mol. The second kappa shape index (κ2) is 14.4. The molecule has 0 aliphatic carbocycles. The van der Waals surface area contributed by atoms with Crippen molar-refractivity contribution in [2.24, 2.45) is 0 Å². The van der Waals surface area contributed by atoms with Crippen molar-refractivity contribution >= 4 is 14.5 Å². The summed E-state index contributed by atoms with van der Waals surface area (Å²) in [6, 6.07) is 8.68. The number of hydrogen-bond acceptors (Lipinski definition) is 9. The lowest BCUT2D eigenvalue weighted by Crippen LogP contribution is -2.43. The zero-order chi connectivity index (χ0) is 31.1. The van der Waals surface area contributed by atoms with Crippen LogP contribution in [0.2, 0.25) is 0 Å². The molecule has 4 rings (SSSR count). The molecule has 2 fully saturated rings. The lowest BCUT2D eigenvalue weighted by molar-refractivity contribution is -0.175. The topological polar surface area (TPSA) is 126 Å². The molecule has 0 saturated carbocycles. The number of benzene rings is 1. The van der Waals surface area contributed by atoms with Crippen LogP contribution in [0.5, 0.6) is 0 Å². The summed E-state index contributed by atoms with van der Waals surface area (Å²) in [7, 11) is -1.59. The van der Waals surface area contributed by atoms with Crippen molar-refractivity contribution in [3.8, 4) is 11.8 Å². The van der Waals surface area contributed by atoms with Crippen molar-refractivity contribution < 1.29 is 28.1 Å². The Labute approximate surface area is 252 Å². The zero-order valence-electron chi connectivity index (χ0n) is 24.9. The Morgan fingerprint density at radius 1 is 1.26 bits per heavy atom. The van der Waals surface area contributed by atoms with Gasteiger partial charge in [-0.15, -0.1) is 0 Å². The molecule has 43 heavy (non-hydrogen) atoms. The van der Waals surface area contributed by atoms with Crippen LogP contribution < -0.4 is 11.2 Å². The zero-order valence-corrected chi connectivity index (χ0v) is 25.8. The molecule has 12 nitrogen and oxygen atoms in total. The largest absolute Gasteiger partial charge is 0.449 e. The molecule has 13 heteroatoms. The molecule has 5 atom stereocenters. The number of nitrogens with one attached hydrogen (secondary N) is 1. The lowest BCUT2D eigenvalue weighted by Gasteiger charge is -2.38. The SMILES string of the molecule is [C-]#[N+]CCOP(OC1[C@H]2OC[C@@]1(CC)O[C@H]2n1cc(C#CCOC(=O)c2ccccc2)c(=O)[nH]c1=O)N(C(C)C)C(C)C. The quantitative estimate of drug-likeness (QED) is 0.126. The molecule has 2 aromatic rings. The maximum Gasteiger partial charge on any atom is 0.339 e. The van der Waals surface area contributed by atoms with Crippen molar-refractivity contribution in [2.45, 2.75) is 77.2 Å². The van der Waals surface area contributed by atoms with Crippen molar-refractivity contribution in [2.75, 3.05) is 26.4 Å². The van der Waals surface area contributed by atoms with Gasteiger partial charge in [0.05, 0.1) is 12.2 Å². The molecule has 0 amide bonds.